The quantitative estimate of drug-likeness (QED) is 0.654. The molecule has 0 saturated heterocycles. The van der Waals surface area contributed by atoms with Gasteiger partial charge in [-0.1, -0.05) is 31.4 Å². The lowest BCUT2D eigenvalue weighted by molar-refractivity contribution is 0.222. The average Bonchev–Trinajstić information content (AvgIpc) is 2.39. The summed E-state index contributed by atoms with van der Waals surface area (Å²) in [5, 5.41) is 0.616. The molecular weight excluding hydrogens is 263 g/mol. The van der Waals surface area contributed by atoms with Gasteiger partial charge >= 0.3 is 0 Å². The van der Waals surface area contributed by atoms with Crippen molar-refractivity contribution in [1.82, 2.24) is 5.43 Å². The number of benzene rings is 1. The molecule has 3 atom stereocenters. The Bertz CT molecular complexity index is 425. The minimum Gasteiger partial charge on any atom is -0.271 e. The molecule has 1 aromatic rings. The molecule has 2 rings (SSSR count). The highest BCUT2D eigenvalue weighted by atomic mass is 35.5. The molecule has 0 amide bonds. The maximum Gasteiger partial charge on any atom is 0.123 e. The summed E-state index contributed by atoms with van der Waals surface area (Å²) in [7, 11) is 0. The first-order valence-corrected chi connectivity index (χ1v) is 7.38. The van der Waals surface area contributed by atoms with Gasteiger partial charge in [-0.05, 0) is 54.9 Å². The van der Waals surface area contributed by atoms with Crippen molar-refractivity contribution in [1.29, 1.82) is 0 Å². The van der Waals surface area contributed by atoms with E-state index in [-0.39, 0.29) is 11.9 Å². The molecule has 0 heterocycles. The monoisotopic (exact) mass is 284 g/mol. The van der Waals surface area contributed by atoms with Crippen LogP contribution in [0.2, 0.25) is 5.02 Å². The minimum atomic E-state index is -0.243. The highest BCUT2D eigenvalue weighted by Gasteiger charge is 2.26. The highest BCUT2D eigenvalue weighted by molar-refractivity contribution is 6.31. The van der Waals surface area contributed by atoms with Crippen LogP contribution in [0.1, 0.15) is 38.2 Å². The molecular formula is C15H22ClFN2. The summed E-state index contributed by atoms with van der Waals surface area (Å²) >= 11 is 6.13. The first-order chi connectivity index (χ1) is 9.10. The summed E-state index contributed by atoms with van der Waals surface area (Å²) in [6.45, 7) is 2.29. The second kappa shape index (κ2) is 6.69. The SMILES string of the molecule is CC1CCCC(C(Cc2cc(F)ccc2Cl)NN)C1. The molecule has 0 radical (unpaired) electrons. The fourth-order valence-electron chi connectivity index (χ4n) is 3.14. The molecule has 1 aliphatic carbocycles. The van der Waals surface area contributed by atoms with Gasteiger partial charge in [0, 0.05) is 11.1 Å². The van der Waals surface area contributed by atoms with E-state index in [1.807, 2.05) is 0 Å². The summed E-state index contributed by atoms with van der Waals surface area (Å²) < 4.78 is 13.3. The van der Waals surface area contributed by atoms with Gasteiger partial charge in [0.15, 0.2) is 0 Å². The molecule has 0 bridgehead atoms. The molecule has 0 aliphatic heterocycles. The van der Waals surface area contributed by atoms with Gasteiger partial charge in [0.05, 0.1) is 0 Å². The van der Waals surface area contributed by atoms with E-state index in [2.05, 4.69) is 12.3 Å². The fourth-order valence-corrected chi connectivity index (χ4v) is 3.34. The van der Waals surface area contributed by atoms with Gasteiger partial charge in [-0.3, -0.25) is 11.3 Å². The van der Waals surface area contributed by atoms with Gasteiger partial charge in [-0.25, -0.2) is 4.39 Å². The van der Waals surface area contributed by atoms with E-state index in [1.54, 1.807) is 6.07 Å². The molecule has 106 valence electrons. The van der Waals surface area contributed by atoms with E-state index >= 15 is 0 Å². The Balaban J connectivity index is 2.07. The second-order valence-corrected chi connectivity index (χ2v) is 6.15. The Morgan fingerprint density at radius 1 is 1.47 bits per heavy atom. The van der Waals surface area contributed by atoms with E-state index in [1.165, 1.54) is 37.8 Å². The summed E-state index contributed by atoms with van der Waals surface area (Å²) in [6, 6.07) is 4.68. The third-order valence-electron chi connectivity index (χ3n) is 4.21. The normalized spacial score (nSPS) is 25.3. The minimum absolute atomic E-state index is 0.169. The van der Waals surface area contributed by atoms with Gasteiger partial charge in [0.1, 0.15) is 5.82 Å². The van der Waals surface area contributed by atoms with Crippen LogP contribution in [0.15, 0.2) is 18.2 Å². The molecule has 1 aliphatic rings. The van der Waals surface area contributed by atoms with E-state index in [9.17, 15) is 4.39 Å². The predicted molar refractivity (Wildman–Crippen MR) is 77.3 cm³/mol. The zero-order valence-electron chi connectivity index (χ0n) is 11.3. The smallest absolute Gasteiger partial charge is 0.123 e. The average molecular weight is 285 g/mol. The van der Waals surface area contributed by atoms with Crippen molar-refractivity contribution >= 4 is 11.6 Å². The van der Waals surface area contributed by atoms with Crippen molar-refractivity contribution in [2.75, 3.05) is 0 Å². The van der Waals surface area contributed by atoms with E-state index in [4.69, 9.17) is 17.4 Å². The number of hydrazine groups is 1. The molecule has 19 heavy (non-hydrogen) atoms. The van der Waals surface area contributed by atoms with Crippen molar-refractivity contribution in [3.05, 3.63) is 34.6 Å². The fraction of sp³-hybridized carbons (Fsp3) is 0.600. The molecule has 3 unspecified atom stereocenters. The van der Waals surface area contributed by atoms with Gasteiger partial charge in [-0.2, -0.15) is 0 Å². The van der Waals surface area contributed by atoms with Crippen molar-refractivity contribution in [2.24, 2.45) is 17.7 Å². The van der Waals surface area contributed by atoms with Crippen LogP contribution < -0.4 is 11.3 Å². The molecule has 1 fully saturated rings. The van der Waals surface area contributed by atoms with E-state index in [0.717, 1.165) is 11.5 Å². The Kier molecular flexibility index (Phi) is 5.20. The number of halogens is 2. The van der Waals surface area contributed by atoms with Crippen molar-refractivity contribution in [3.8, 4) is 0 Å². The van der Waals surface area contributed by atoms with Crippen LogP contribution in [-0.2, 0) is 6.42 Å². The Morgan fingerprint density at radius 3 is 2.95 bits per heavy atom. The Hall–Kier alpha value is -0.640. The van der Waals surface area contributed by atoms with Crippen LogP contribution in [0.5, 0.6) is 0 Å². The van der Waals surface area contributed by atoms with Crippen molar-refractivity contribution in [2.45, 2.75) is 45.1 Å². The lowest BCUT2D eigenvalue weighted by Gasteiger charge is -2.33. The van der Waals surface area contributed by atoms with E-state index < -0.39 is 0 Å². The third kappa shape index (κ3) is 3.91. The number of hydrogen-bond donors (Lipinski definition) is 2. The van der Waals surface area contributed by atoms with Gasteiger partial charge < -0.3 is 0 Å². The van der Waals surface area contributed by atoms with Crippen LogP contribution in [0.3, 0.4) is 0 Å². The maximum atomic E-state index is 13.3. The highest BCUT2D eigenvalue weighted by Crippen LogP contribution is 2.32. The van der Waals surface area contributed by atoms with Crippen LogP contribution in [0, 0.1) is 17.7 Å². The Morgan fingerprint density at radius 2 is 2.26 bits per heavy atom. The molecule has 0 spiro atoms. The zero-order chi connectivity index (χ0) is 13.8. The lowest BCUT2D eigenvalue weighted by atomic mass is 9.77. The lowest BCUT2D eigenvalue weighted by Crippen LogP contribution is -2.44. The zero-order valence-corrected chi connectivity index (χ0v) is 12.1. The number of nitrogens with one attached hydrogen (secondary N) is 1. The topological polar surface area (TPSA) is 38.0 Å². The first kappa shape index (κ1) is 14.8. The summed E-state index contributed by atoms with van der Waals surface area (Å²) in [5.41, 5.74) is 3.74. The number of rotatable bonds is 4. The maximum absolute atomic E-state index is 13.3. The molecule has 1 aromatic carbocycles. The van der Waals surface area contributed by atoms with Gasteiger partial charge in [0.25, 0.3) is 0 Å². The standard InChI is InChI=1S/C15H22ClFN2/c1-10-3-2-4-11(7-10)15(19-18)9-12-8-13(17)5-6-14(12)16/h5-6,8,10-11,15,19H,2-4,7,9,18H2,1H3. The largest absolute Gasteiger partial charge is 0.271 e. The van der Waals surface area contributed by atoms with Crippen molar-refractivity contribution < 1.29 is 4.39 Å². The third-order valence-corrected chi connectivity index (χ3v) is 4.58. The summed E-state index contributed by atoms with van der Waals surface area (Å²) in [6.07, 6.45) is 5.60. The Labute approximate surface area is 119 Å². The van der Waals surface area contributed by atoms with Crippen LogP contribution in [-0.4, -0.2) is 6.04 Å². The van der Waals surface area contributed by atoms with Crippen LogP contribution in [0.4, 0.5) is 4.39 Å². The van der Waals surface area contributed by atoms with Crippen molar-refractivity contribution in [3.63, 3.8) is 0 Å². The molecule has 4 heteroatoms. The van der Waals surface area contributed by atoms with E-state index in [0.29, 0.717) is 17.4 Å². The molecule has 1 saturated carbocycles. The van der Waals surface area contributed by atoms with Gasteiger partial charge in [0.2, 0.25) is 0 Å². The summed E-state index contributed by atoms with van der Waals surface area (Å²) in [4.78, 5) is 0. The van der Waals surface area contributed by atoms with Crippen LogP contribution >= 0.6 is 11.6 Å². The number of nitrogens with two attached hydrogens (primary N) is 1. The number of hydrogen-bond acceptors (Lipinski definition) is 2. The second-order valence-electron chi connectivity index (χ2n) is 5.74. The van der Waals surface area contributed by atoms with Crippen LogP contribution in [0.25, 0.3) is 0 Å². The van der Waals surface area contributed by atoms with Gasteiger partial charge in [-0.15, -0.1) is 0 Å². The molecule has 3 N–H and O–H groups in total. The molecule has 2 nitrogen and oxygen atoms in total. The predicted octanol–water partition coefficient (Wildman–Crippen LogP) is 3.68. The first-order valence-electron chi connectivity index (χ1n) is 7.00. The molecule has 0 aromatic heterocycles. The summed E-state index contributed by atoms with van der Waals surface area (Å²) in [5.74, 6) is 6.75.